The molecule has 192 valence electrons. The SMILES string of the molecule is COc1cc2c(cc1OC)CC(=O)N(CC1CCCN(CCCc3csc4cc(Br)ccc34)C1)CC2. The lowest BCUT2D eigenvalue weighted by molar-refractivity contribution is -0.131. The van der Waals surface area contributed by atoms with Crippen LogP contribution in [0.3, 0.4) is 0 Å². The van der Waals surface area contributed by atoms with Gasteiger partial charge in [0.25, 0.3) is 0 Å². The normalized spacial score (nSPS) is 18.8. The smallest absolute Gasteiger partial charge is 0.227 e. The Hall–Kier alpha value is -2.09. The van der Waals surface area contributed by atoms with E-state index in [1.54, 1.807) is 14.2 Å². The van der Waals surface area contributed by atoms with Gasteiger partial charge in [-0.15, -0.1) is 11.3 Å². The number of halogens is 1. The zero-order chi connectivity index (χ0) is 25.1. The molecule has 5 rings (SSSR count). The Labute approximate surface area is 226 Å². The average molecular weight is 572 g/mol. The van der Waals surface area contributed by atoms with Crippen LogP contribution in [0, 0.1) is 5.92 Å². The molecule has 0 N–H and O–H groups in total. The van der Waals surface area contributed by atoms with Crippen molar-refractivity contribution in [3.05, 3.63) is 56.9 Å². The predicted molar refractivity (Wildman–Crippen MR) is 151 cm³/mol. The highest BCUT2D eigenvalue weighted by Gasteiger charge is 2.27. The first-order valence-electron chi connectivity index (χ1n) is 12.9. The highest BCUT2D eigenvalue weighted by Crippen LogP contribution is 2.33. The van der Waals surface area contributed by atoms with Crippen LogP contribution in [0.2, 0.25) is 0 Å². The molecular formula is C29H35BrN2O3S. The first kappa shape index (κ1) is 25.6. The van der Waals surface area contributed by atoms with Crippen LogP contribution in [0.25, 0.3) is 10.1 Å². The highest BCUT2D eigenvalue weighted by atomic mass is 79.9. The molecule has 0 aliphatic carbocycles. The van der Waals surface area contributed by atoms with Crippen LogP contribution in [0.1, 0.15) is 36.0 Å². The number of aryl methyl sites for hydroxylation is 1. The maximum absolute atomic E-state index is 13.2. The molecule has 1 atom stereocenters. The summed E-state index contributed by atoms with van der Waals surface area (Å²) in [4.78, 5) is 17.9. The van der Waals surface area contributed by atoms with Crippen molar-refractivity contribution in [2.24, 2.45) is 5.92 Å². The van der Waals surface area contributed by atoms with Gasteiger partial charge in [-0.05, 0) is 103 Å². The van der Waals surface area contributed by atoms with Crippen molar-refractivity contribution in [3.63, 3.8) is 0 Å². The van der Waals surface area contributed by atoms with Crippen LogP contribution >= 0.6 is 27.3 Å². The van der Waals surface area contributed by atoms with Gasteiger partial charge in [0, 0.05) is 28.8 Å². The second-order valence-electron chi connectivity index (χ2n) is 10.1. The summed E-state index contributed by atoms with van der Waals surface area (Å²) in [5, 5.41) is 3.72. The number of benzene rings is 2. The first-order valence-corrected chi connectivity index (χ1v) is 14.6. The second-order valence-corrected chi connectivity index (χ2v) is 11.9. The lowest BCUT2D eigenvalue weighted by Crippen LogP contribution is -2.43. The number of piperidine rings is 1. The monoisotopic (exact) mass is 570 g/mol. The molecule has 1 fully saturated rings. The lowest BCUT2D eigenvalue weighted by Gasteiger charge is -2.35. The third kappa shape index (κ3) is 5.74. The molecule has 3 heterocycles. The Kier molecular flexibility index (Phi) is 8.18. The molecule has 0 bridgehead atoms. The van der Waals surface area contributed by atoms with E-state index in [0.29, 0.717) is 18.1 Å². The molecule has 2 aromatic carbocycles. The number of ether oxygens (including phenoxy) is 2. The van der Waals surface area contributed by atoms with Crippen molar-refractivity contribution in [2.45, 2.75) is 38.5 Å². The summed E-state index contributed by atoms with van der Waals surface area (Å²) in [6.07, 6.45) is 6.03. The fourth-order valence-electron chi connectivity index (χ4n) is 5.77. The Morgan fingerprint density at radius 1 is 1.08 bits per heavy atom. The maximum atomic E-state index is 13.2. The summed E-state index contributed by atoms with van der Waals surface area (Å²) >= 11 is 5.42. The van der Waals surface area contributed by atoms with Gasteiger partial charge in [0.1, 0.15) is 0 Å². The van der Waals surface area contributed by atoms with Gasteiger partial charge in [-0.3, -0.25) is 4.79 Å². The van der Waals surface area contributed by atoms with Gasteiger partial charge in [-0.2, -0.15) is 0 Å². The van der Waals surface area contributed by atoms with Crippen molar-refractivity contribution < 1.29 is 14.3 Å². The van der Waals surface area contributed by atoms with Crippen LogP contribution in [0.5, 0.6) is 11.5 Å². The van der Waals surface area contributed by atoms with Crippen molar-refractivity contribution in [1.29, 1.82) is 0 Å². The highest BCUT2D eigenvalue weighted by molar-refractivity contribution is 9.10. The van der Waals surface area contributed by atoms with E-state index in [2.05, 4.69) is 49.3 Å². The molecule has 1 unspecified atom stereocenters. The largest absolute Gasteiger partial charge is 0.493 e. The van der Waals surface area contributed by atoms with Gasteiger partial charge in [0.05, 0.1) is 20.6 Å². The minimum Gasteiger partial charge on any atom is -0.493 e. The molecule has 0 spiro atoms. The number of carbonyl (C=O) groups excluding carboxylic acids is 1. The summed E-state index contributed by atoms with van der Waals surface area (Å²) < 4.78 is 13.5. The Bertz CT molecular complexity index is 1230. The Balaban J connectivity index is 1.14. The number of rotatable bonds is 8. The van der Waals surface area contributed by atoms with Crippen LogP contribution < -0.4 is 9.47 Å². The van der Waals surface area contributed by atoms with E-state index in [0.717, 1.165) is 54.8 Å². The number of amides is 1. The summed E-state index contributed by atoms with van der Waals surface area (Å²) in [5.74, 6) is 2.22. The van der Waals surface area contributed by atoms with Gasteiger partial charge in [-0.25, -0.2) is 0 Å². The van der Waals surface area contributed by atoms with Crippen LogP contribution in [0.15, 0.2) is 40.2 Å². The zero-order valence-corrected chi connectivity index (χ0v) is 23.6. The maximum Gasteiger partial charge on any atom is 0.227 e. The summed E-state index contributed by atoms with van der Waals surface area (Å²) in [6, 6.07) is 10.6. The second kappa shape index (κ2) is 11.5. The summed E-state index contributed by atoms with van der Waals surface area (Å²) in [5.41, 5.74) is 3.74. The van der Waals surface area contributed by atoms with Gasteiger partial charge in [0.2, 0.25) is 5.91 Å². The molecule has 0 radical (unpaired) electrons. The summed E-state index contributed by atoms with van der Waals surface area (Å²) in [7, 11) is 3.31. The molecule has 2 aliphatic heterocycles. The third-order valence-electron chi connectivity index (χ3n) is 7.67. The number of carbonyl (C=O) groups is 1. The van der Waals surface area contributed by atoms with E-state index < -0.39 is 0 Å². The quantitative estimate of drug-likeness (QED) is 0.335. The minimum absolute atomic E-state index is 0.231. The molecule has 7 heteroatoms. The molecule has 5 nitrogen and oxygen atoms in total. The van der Waals surface area contributed by atoms with E-state index in [4.69, 9.17) is 9.47 Å². The van der Waals surface area contributed by atoms with Gasteiger partial charge < -0.3 is 19.3 Å². The number of hydrogen-bond donors (Lipinski definition) is 0. The minimum atomic E-state index is 0.231. The first-order chi connectivity index (χ1) is 17.5. The Morgan fingerprint density at radius 2 is 1.89 bits per heavy atom. The number of thiophene rings is 1. The van der Waals surface area contributed by atoms with Crippen molar-refractivity contribution >= 4 is 43.3 Å². The number of hydrogen-bond acceptors (Lipinski definition) is 5. The molecule has 1 amide bonds. The standard InChI is InChI=1S/C29H35BrN2O3S/c1-34-26-13-21-9-12-32(29(33)15-23(21)14-27(26)35-2)18-20-5-3-10-31(17-20)11-4-6-22-19-36-28-16-24(30)7-8-25(22)28/h7-8,13-14,16,19-20H,3-6,9-12,15,17-18H2,1-2H3. The number of likely N-dealkylation sites (tertiary alicyclic amines) is 1. The molecular weight excluding hydrogens is 536 g/mol. The Morgan fingerprint density at radius 3 is 2.69 bits per heavy atom. The predicted octanol–water partition coefficient (Wildman–Crippen LogP) is 5.95. The van der Waals surface area contributed by atoms with Gasteiger partial charge in [0.15, 0.2) is 11.5 Å². The number of methoxy groups -OCH3 is 2. The van der Waals surface area contributed by atoms with E-state index >= 15 is 0 Å². The van der Waals surface area contributed by atoms with Crippen LogP contribution in [-0.2, 0) is 24.1 Å². The average Bonchev–Trinajstić information content (AvgIpc) is 3.21. The number of fused-ring (bicyclic) bond motifs is 2. The topological polar surface area (TPSA) is 42.0 Å². The fourth-order valence-corrected chi connectivity index (χ4v) is 7.32. The van der Waals surface area contributed by atoms with Crippen molar-refractivity contribution in [1.82, 2.24) is 9.80 Å². The fraction of sp³-hybridized carbons (Fsp3) is 0.483. The van der Waals surface area contributed by atoms with E-state index in [1.165, 1.54) is 47.0 Å². The van der Waals surface area contributed by atoms with Gasteiger partial charge >= 0.3 is 0 Å². The lowest BCUT2D eigenvalue weighted by atomic mass is 9.96. The van der Waals surface area contributed by atoms with E-state index in [9.17, 15) is 4.79 Å². The van der Waals surface area contributed by atoms with Crippen LogP contribution in [-0.4, -0.2) is 62.7 Å². The molecule has 1 aromatic heterocycles. The summed E-state index contributed by atoms with van der Waals surface area (Å²) in [6.45, 7) is 5.03. The van der Waals surface area contributed by atoms with Crippen molar-refractivity contribution in [3.8, 4) is 11.5 Å². The van der Waals surface area contributed by atoms with E-state index in [-0.39, 0.29) is 5.91 Å². The molecule has 2 aliphatic rings. The van der Waals surface area contributed by atoms with Gasteiger partial charge in [-0.1, -0.05) is 22.0 Å². The van der Waals surface area contributed by atoms with Crippen LogP contribution in [0.4, 0.5) is 0 Å². The molecule has 0 saturated carbocycles. The zero-order valence-electron chi connectivity index (χ0n) is 21.2. The molecule has 1 saturated heterocycles. The molecule has 36 heavy (non-hydrogen) atoms. The van der Waals surface area contributed by atoms with Crippen molar-refractivity contribution in [2.75, 3.05) is 46.9 Å². The number of nitrogens with zero attached hydrogens (tertiary/aromatic N) is 2. The molecule has 3 aromatic rings. The third-order valence-corrected chi connectivity index (χ3v) is 9.16. The van der Waals surface area contributed by atoms with E-state index in [1.807, 2.05) is 23.5 Å².